The van der Waals surface area contributed by atoms with Crippen LogP contribution in [-0.2, 0) is 6.42 Å². The molecule has 4 rings (SSSR count). The highest BCUT2D eigenvalue weighted by atomic mass is 32.2. The molecule has 1 atom stereocenters. The first-order valence-electron chi connectivity index (χ1n) is 9.31. The molecular formula is C23H23N2S2+. The van der Waals surface area contributed by atoms with E-state index < -0.39 is 0 Å². The Kier molecular flexibility index (Phi) is 5.46. The molecule has 2 heterocycles. The molecule has 3 aromatic rings. The molecule has 4 heteroatoms. The van der Waals surface area contributed by atoms with Crippen molar-refractivity contribution in [3.63, 3.8) is 0 Å². The third-order valence-corrected chi connectivity index (χ3v) is 7.80. The molecule has 0 saturated heterocycles. The minimum atomic E-state index is -0.00470. The molecule has 0 bridgehead atoms. The molecule has 136 valence electrons. The highest BCUT2D eigenvalue weighted by Gasteiger charge is 2.22. The number of allylic oxidation sites excluding steroid dienone is 4. The Morgan fingerprint density at radius 1 is 1.00 bits per heavy atom. The van der Waals surface area contributed by atoms with Crippen LogP contribution in [0.15, 0.2) is 82.8 Å². The molecule has 0 fully saturated rings. The largest absolute Gasteiger partial charge is 0.335 e. The first-order valence-corrected chi connectivity index (χ1v) is 11.4. The smallest absolute Gasteiger partial charge is 0.248 e. The number of fused-ring (bicyclic) bond motifs is 2. The standard InChI is InChI=1S/C23H23N2S2/c1-3-22-24-18-12-7-10-15-21(18)27(22)17-11-5-6-16-23-25(4-2)19-13-8-9-14-20(19)26-23/h5-17H,3-4H2,1-2H3/q+1. The second-order valence-electron chi connectivity index (χ2n) is 6.20. The lowest BCUT2D eigenvalue weighted by molar-refractivity contribution is 1.00. The number of thiazole rings is 1. The minimum absolute atomic E-state index is 0.00470. The predicted octanol–water partition coefficient (Wildman–Crippen LogP) is 7.05. The molecular weight excluding hydrogens is 368 g/mol. The fraction of sp³-hybridized carbons (Fsp3) is 0.174. The van der Waals surface area contributed by atoms with Gasteiger partial charge in [0.2, 0.25) is 9.71 Å². The van der Waals surface area contributed by atoms with Gasteiger partial charge in [-0.2, -0.15) is 4.98 Å². The SMILES string of the molecule is CCc1nc2ccccc2[s+]1C=CC=CC=C1Sc2ccccc2N1CC. The van der Waals surface area contributed by atoms with Crippen LogP contribution >= 0.6 is 22.2 Å². The van der Waals surface area contributed by atoms with Crippen LogP contribution in [0.1, 0.15) is 18.9 Å². The zero-order valence-corrected chi connectivity index (χ0v) is 17.3. The van der Waals surface area contributed by atoms with E-state index in [2.05, 4.69) is 97.0 Å². The maximum Gasteiger partial charge on any atom is 0.248 e. The number of hydrogen-bond donors (Lipinski definition) is 0. The lowest BCUT2D eigenvalue weighted by Crippen LogP contribution is -2.16. The average Bonchev–Trinajstić information content (AvgIpc) is 3.25. The molecule has 0 amide bonds. The first-order chi connectivity index (χ1) is 13.3. The summed E-state index contributed by atoms with van der Waals surface area (Å²) in [6.07, 6.45) is 9.64. The van der Waals surface area contributed by atoms with Gasteiger partial charge in [-0.15, -0.1) is 0 Å². The van der Waals surface area contributed by atoms with E-state index in [4.69, 9.17) is 4.98 Å². The van der Waals surface area contributed by atoms with Crippen LogP contribution in [0.4, 0.5) is 5.69 Å². The Balaban J connectivity index is 1.53. The fourth-order valence-electron chi connectivity index (χ4n) is 3.26. The molecule has 1 aromatic heterocycles. The van der Waals surface area contributed by atoms with Gasteiger partial charge in [0.25, 0.3) is 0 Å². The van der Waals surface area contributed by atoms with Crippen LogP contribution in [-0.4, -0.2) is 11.5 Å². The molecule has 2 nitrogen and oxygen atoms in total. The number of aryl methyl sites for hydroxylation is 1. The molecule has 0 N–H and O–H groups in total. The summed E-state index contributed by atoms with van der Waals surface area (Å²) in [4.78, 5) is 8.49. The van der Waals surface area contributed by atoms with Gasteiger partial charge < -0.3 is 4.90 Å². The highest BCUT2D eigenvalue weighted by Crippen LogP contribution is 2.45. The third-order valence-electron chi connectivity index (χ3n) is 4.53. The van der Waals surface area contributed by atoms with Gasteiger partial charge in [-0.1, -0.05) is 55.1 Å². The molecule has 1 aliphatic heterocycles. The van der Waals surface area contributed by atoms with Crippen LogP contribution < -0.4 is 4.90 Å². The molecule has 27 heavy (non-hydrogen) atoms. The van der Waals surface area contributed by atoms with E-state index in [1.807, 2.05) is 11.8 Å². The topological polar surface area (TPSA) is 16.1 Å². The van der Waals surface area contributed by atoms with E-state index in [0.717, 1.165) is 18.5 Å². The van der Waals surface area contributed by atoms with Gasteiger partial charge in [-0.3, -0.25) is 0 Å². The molecule has 0 spiro atoms. The summed E-state index contributed by atoms with van der Waals surface area (Å²) < 4.78 is 1.34. The number of hydrogen-bond acceptors (Lipinski definition) is 3. The Morgan fingerprint density at radius 2 is 1.81 bits per heavy atom. The number of aromatic nitrogens is 1. The van der Waals surface area contributed by atoms with Crippen molar-refractivity contribution in [2.24, 2.45) is 0 Å². The molecule has 1 aliphatic rings. The number of anilines is 1. The normalized spacial score (nSPS) is 16.3. The van der Waals surface area contributed by atoms with Crippen molar-refractivity contribution in [1.82, 2.24) is 4.98 Å². The van der Waals surface area contributed by atoms with Gasteiger partial charge in [0.05, 0.1) is 10.7 Å². The minimum Gasteiger partial charge on any atom is -0.335 e. The van der Waals surface area contributed by atoms with Gasteiger partial charge in [0.1, 0.15) is 10.9 Å². The lowest BCUT2D eigenvalue weighted by atomic mass is 10.3. The van der Waals surface area contributed by atoms with E-state index >= 15 is 0 Å². The van der Waals surface area contributed by atoms with Crippen molar-refractivity contribution in [3.8, 4) is 0 Å². The van der Waals surface area contributed by atoms with Crippen LogP contribution in [0.2, 0.25) is 0 Å². The Bertz CT molecular complexity index is 1040. The van der Waals surface area contributed by atoms with Gasteiger partial charge in [0, 0.05) is 34.4 Å². The summed E-state index contributed by atoms with van der Waals surface area (Å²) >= 11 is 1.84. The fourth-order valence-corrected chi connectivity index (χ4v) is 6.28. The van der Waals surface area contributed by atoms with E-state index in [0.29, 0.717) is 0 Å². The summed E-state index contributed by atoms with van der Waals surface area (Å²) in [6, 6.07) is 17.1. The number of rotatable bonds is 5. The Hall–Kier alpha value is -2.30. The third kappa shape index (κ3) is 3.60. The van der Waals surface area contributed by atoms with Gasteiger partial charge >= 0.3 is 0 Å². The summed E-state index contributed by atoms with van der Waals surface area (Å²) in [6.45, 7) is 5.37. The van der Waals surface area contributed by atoms with Crippen LogP contribution in [0, 0.1) is 0 Å². The Morgan fingerprint density at radius 3 is 2.67 bits per heavy atom. The summed E-state index contributed by atoms with van der Waals surface area (Å²) in [5.41, 5.74) is 2.44. The number of thioether (sulfide) groups is 1. The Labute approximate surface area is 167 Å². The zero-order chi connectivity index (χ0) is 18.6. The van der Waals surface area contributed by atoms with Gasteiger partial charge in [-0.05, 0) is 37.3 Å². The van der Waals surface area contributed by atoms with E-state index in [9.17, 15) is 0 Å². The molecule has 0 radical (unpaired) electrons. The highest BCUT2D eigenvalue weighted by molar-refractivity contribution is 8.03. The predicted molar refractivity (Wildman–Crippen MR) is 121 cm³/mol. The monoisotopic (exact) mass is 391 g/mol. The van der Waals surface area contributed by atoms with Crippen molar-refractivity contribution >= 4 is 43.5 Å². The van der Waals surface area contributed by atoms with Gasteiger partial charge in [0.15, 0.2) is 0 Å². The average molecular weight is 392 g/mol. The summed E-state index contributed by atoms with van der Waals surface area (Å²) in [5, 5.41) is 4.85. The van der Waals surface area contributed by atoms with E-state index in [1.165, 1.54) is 25.3 Å². The van der Waals surface area contributed by atoms with Crippen molar-refractivity contribution in [3.05, 3.63) is 82.9 Å². The second-order valence-corrected chi connectivity index (χ2v) is 9.12. The first kappa shape index (κ1) is 18.1. The van der Waals surface area contributed by atoms with E-state index in [1.54, 1.807) is 0 Å². The van der Waals surface area contributed by atoms with Crippen LogP contribution in [0.3, 0.4) is 0 Å². The molecule has 2 aromatic carbocycles. The van der Waals surface area contributed by atoms with E-state index in [-0.39, 0.29) is 10.5 Å². The van der Waals surface area contributed by atoms with Crippen LogP contribution in [0.25, 0.3) is 15.6 Å². The molecule has 1 unspecified atom stereocenters. The number of para-hydroxylation sites is 2. The van der Waals surface area contributed by atoms with Gasteiger partial charge in [-0.25, -0.2) is 0 Å². The van der Waals surface area contributed by atoms with Crippen molar-refractivity contribution in [1.29, 1.82) is 0 Å². The number of nitrogens with zero attached hydrogens (tertiary/aromatic N) is 2. The van der Waals surface area contributed by atoms with Crippen molar-refractivity contribution in [2.75, 3.05) is 11.4 Å². The van der Waals surface area contributed by atoms with Crippen LogP contribution in [0.5, 0.6) is 0 Å². The maximum absolute atomic E-state index is 4.79. The lowest BCUT2D eigenvalue weighted by Gasteiger charge is -2.17. The van der Waals surface area contributed by atoms with Crippen molar-refractivity contribution < 1.29 is 0 Å². The quantitative estimate of drug-likeness (QED) is 0.342. The number of benzene rings is 2. The summed E-state index contributed by atoms with van der Waals surface area (Å²) in [7, 11) is -0.00470. The van der Waals surface area contributed by atoms with Crippen molar-refractivity contribution in [2.45, 2.75) is 25.2 Å². The zero-order valence-electron chi connectivity index (χ0n) is 15.6. The summed E-state index contributed by atoms with van der Waals surface area (Å²) in [5.74, 6) is 0. The maximum atomic E-state index is 4.79. The molecule has 0 aliphatic carbocycles. The molecule has 0 saturated carbocycles. The second kappa shape index (κ2) is 8.15.